The Bertz CT molecular complexity index is 759. The highest BCUT2D eigenvalue weighted by Crippen LogP contribution is 2.05. The van der Waals surface area contributed by atoms with E-state index in [-0.39, 0.29) is 11.4 Å². The minimum atomic E-state index is -0.482. The number of hydrazone groups is 1. The Morgan fingerprint density at radius 2 is 1.80 bits per heavy atom. The molecule has 0 radical (unpaired) electrons. The number of anilines is 2. The van der Waals surface area contributed by atoms with Gasteiger partial charge in [-0.15, -0.1) is 0 Å². The number of nitrogens with one attached hydrogen (secondary N) is 1. The lowest BCUT2D eigenvalue weighted by atomic mass is 10.3. The van der Waals surface area contributed by atoms with Gasteiger partial charge in [0, 0.05) is 14.1 Å². The Labute approximate surface area is 115 Å². The molecule has 20 heavy (non-hydrogen) atoms. The first-order chi connectivity index (χ1) is 9.52. The van der Waals surface area contributed by atoms with Crippen LogP contribution in [0.3, 0.4) is 0 Å². The summed E-state index contributed by atoms with van der Waals surface area (Å²) in [5.74, 6) is 0.0803. The van der Waals surface area contributed by atoms with Crippen molar-refractivity contribution in [2.75, 3.05) is 11.2 Å². The highest BCUT2D eigenvalue weighted by molar-refractivity contribution is 5.85. The van der Waals surface area contributed by atoms with E-state index < -0.39 is 11.2 Å². The lowest BCUT2D eigenvalue weighted by molar-refractivity contribution is 0.692. The molecule has 0 bridgehead atoms. The lowest BCUT2D eigenvalue weighted by Crippen LogP contribution is -2.40. The minimum Gasteiger partial charge on any atom is -0.384 e. The largest absolute Gasteiger partial charge is 0.384 e. The molecule has 0 aliphatic rings. The SMILES string of the molecule is Cn1c(N)c(/C=N/Nc2ccccc2)c(=O)n(C)c1=O. The van der Waals surface area contributed by atoms with Gasteiger partial charge in [-0.2, -0.15) is 5.10 Å². The molecule has 2 aromatic rings. The number of para-hydroxylation sites is 1. The fourth-order valence-electron chi connectivity index (χ4n) is 1.69. The summed E-state index contributed by atoms with van der Waals surface area (Å²) in [6, 6.07) is 9.27. The van der Waals surface area contributed by atoms with Gasteiger partial charge in [0.1, 0.15) is 11.4 Å². The van der Waals surface area contributed by atoms with Crippen LogP contribution in [0.15, 0.2) is 45.0 Å². The van der Waals surface area contributed by atoms with E-state index in [4.69, 9.17) is 5.73 Å². The van der Waals surface area contributed by atoms with Gasteiger partial charge in [-0.3, -0.25) is 19.4 Å². The van der Waals surface area contributed by atoms with E-state index in [0.29, 0.717) is 0 Å². The van der Waals surface area contributed by atoms with Crippen LogP contribution < -0.4 is 22.4 Å². The van der Waals surface area contributed by atoms with E-state index in [2.05, 4.69) is 10.5 Å². The summed E-state index contributed by atoms with van der Waals surface area (Å²) in [5.41, 5.74) is 8.54. The predicted octanol–water partition coefficient (Wildman–Crippen LogP) is 0.112. The fourth-order valence-corrected chi connectivity index (χ4v) is 1.69. The van der Waals surface area contributed by atoms with Crippen LogP contribution in [0.4, 0.5) is 11.5 Å². The van der Waals surface area contributed by atoms with Gasteiger partial charge in [0.25, 0.3) is 5.56 Å². The quantitative estimate of drug-likeness (QED) is 0.613. The van der Waals surface area contributed by atoms with Crippen LogP contribution >= 0.6 is 0 Å². The second-order valence-electron chi connectivity index (χ2n) is 4.24. The Kier molecular flexibility index (Phi) is 3.69. The van der Waals surface area contributed by atoms with Gasteiger partial charge in [0.05, 0.1) is 11.9 Å². The first-order valence-corrected chi connectivity index (χ1v) is 5.92. The third-order valence-corrected chi connectivity index (χ3v) is 2.91. The number of aromatic nitrogens is 2. The van der Waals surface area contributed by atoms with Crippen molar-refractivity contribution in [2.45, 2.75) is 0 Å². The highest BCUT2D eigenvalue weighted by Gasteiger charge is 2.10. The van der Waals surface area contributed by atoms with Crippen molar-refractivity contribution in [1.29, 1.82) is 0 Å². The number of benzene rings is 1. The highest BCUT2D eigenvalue weighted by atomic mass is 16.2. The molecule has 0 aliphatic heterocycles. The number of nitrogen functional groups attached to an aromatic ring is 1. The molecule has 3 N–H and O–H groups in total. The van der Waals surface area contributed by atoms with Crippen LogP contribution in [-0.4, -0.2) is 15.3 Å². The zero-order valence-electron chi connectivity index (χ0n) is 11.2. The Morgan fingerprint density at radius 3 is 2.45 bits per heavy atom. The zero-order valence-corrected chi connectivity index (χ0v) is 11.2. The third-order valence-electron chi connectivity index (χ3n) is 2.91. The van der Waals surface area contributed by atoms with Crippen molar-refractivity contribution in [3.8, 4) is 0 Å². The summed E-state index contributed by atoms with van der Waals surface area (Å²) in [4.78, 5) is 23.6. The summed E-state index contributed by atoms with van der Waals surface area (Å²) in [5, 5.41) is 3.96. The van der Waals surface area contributed by atoms with Gasteiger partial charge in [-0.25, -0.2) is 4.79 Å². The maximum atomic E-state index is 12.0. The van der Waals surface area contributed by atoms with Gasteiger partial charge < -0.3 is 5.73 Å². The van der Waals surface area contributed by atoms with Crippen molar-refractivity contribution in [2.24, 2.45) is 19.2 Å². The van der Waals surface area contributed by atoms with E-state index in [1.807, 2.05) is 30.3 Å². The van der Waals surface area contributed by atoms with Crippen LogP contribution in [0.1, 0.15) is 5.56 Å². The summed E-state index contributed by atoms with van der Waals surface area (Å²) in [6.07, 6.45) is 1.31. The molecule has 7 heteroatoms. The minimum absolute atomic E-state index is 0.0803. The number of hydrogen-bond acceptors (Lipinski definition) is 5. The Morgan fingerprint density at radius 1 is 1.15 bits per heavy atom. The molecule has 1 aromatic heterocycles. The summed E-state index contributed by atoms with van der Waals surface area (Å²) < 4.78 is 2.19. The molecule has 7 nitrogen and oxygen atoms in total. The van der Waals surface area contributed by atoms with Gasteiger partial charge >= 0.3 is 5.69 Å². The molecule has 0 atom stereocenters. The number of rotatable bonds is 3. The molecule has 0 amide bonds. The topological polar surface area (TPSA) is 94.4 Å². The molecule has 1 heterocycles. The molecule has 0 saturated heterocycles. The van der Waals surface area contributed by atoms with Gasteiger partial charge in [0.15, 0.2) is 0 Å². The van der Waals surface area contributed by atoms with Gasteiger partial charge in [-0.05, 0) is 12.1 Å². The van der Waals surface area contributed by atoms with E-state index >= 15 is 0 Å². The smallest absolute Gasteiger partial charge is 0.332 e. The monoisotopic (exact) mass is 273 g/mol. The molecule has 0 spiro atoms. The summed E-state index contributed by atoms with van der Waals surface area (Å²) in [7, 11) is 2.89. The van der Waals surface area contributed by atoms with Gasteiger partial charge in [0.2, 0.25) is 0 Å². The first kappa shape index (κ1) is 13.6. The van der Waals surface area contributed by atoms with E-state index in [9.17, 15) is 9.59 Å². The second kappa shape index (κ2) is 5.43. The molecule has 0 unspecified atom stereocenters. The average Bonchev–Trinajstić information content (AvgIpc) is 2.48. The first-order valence-electron chi connectivity index (χ1n) is 5.92. The van der Waals surface area contributed by atoms with Crippen molar-refractivity contribution in [3.63, 3.8) is 0 Å². The molecule has 1 aromatic carbocycles. The van der Waals surface area contributed by atoms with Crippen LogP contribution in [0.5, 0.6) is 0 Å². The molecule has 2 rings (SSSR count). The third kappa shape index (κ3) is 2.46. The number of nitrogens with two attached hydrogens (primary N) is 1. The fraction of sp³-hybridized carbons (Fsp3) is 0.154. The molecular weight excluding hydrogens is 258 g/mol. The maximum Gasteiger partial charge on any atom is 0.332 e. The molecule has 0 aliphatic carbocycles. The second-order valence-corrected chi connectivity index (χ2v) is 4.24. The Balaban J connectivity index is 2.35. The molecule has 0 fully saturated rings. The van der Waals surface area contributed by atoms with Crippen molar-refractivity contribution in [1.82, 2.24) is 9.13 Å². The van der Waals surface area contributed by atoms with Crippen LogP contribution in [0.25, 0.3) is 0 Å². The number of hydrogen-bond donors (Lipinski definition) is 2. The summed E-state index contributed by atoms with van der Waals surface area (Å²) in [6.45, 7) is 0. The number of nitrogens with zero attached hydrogens (tertiary/aromatic N) is 3. The van der Waals surface area contributed by atoms with Crippen LogP contribution in [0.2, 0.25) is 0 Å². The normalized spacial score (nSPS) is 10.9. The standard InChI is InChI=1S/C13H15N5O2/c1-17-11(14)10(12(19)18(2)13(17)20)8-15-16-9-6-4-3-5-7-9/h3-8,16H,14H2,1-2H3/b15-8+. The lowest BCUT2D eigenvalue weighted by Gasteiger charge is -2.08. The van der Waals surface area contributed by atoms with Crippen LogP contribution in [0, 0.1) is 0 Å². The maximum absolute atomic E-state index is 12.0. The van der Waals surface area contributed by atoms with E-state index in [1.165, 1.54) is 24.9 Å². The predicted molar refractivity (Wildman–Crippen MR) is 79.0 cm³/mol. The molecule has 104 valence electrons. The van der Waals surface area contributed by atoms with Gasteiger partial charge in [-0.1, -0.05) is 18.2 Å². The summed E-state index contributed by atoms with van der Waals surface area (Å²) >= 11 is 0. The van der Waals surface area contributed by atoms with Crippen LogP contribution in [-0.2, 0) is 14.1 Å². The van der Waals surface area contributed by atoms with Crippen molar-refractivity contribution < 1.29 is 0 Å². The molecule has 0 saturated carbocycles. The Hall–Kier alpha value is -2.83. The van der Waals surface area contributed by atoms with E-state index in [1.54, 1.807) is 0 Å². The average molecular weight is 273 g/mol. The molecular formula is C13H15N5O2. The zero-order chi connectivity index (χ0) is 14.7. The van der Waals surface area contributed by atoms with Crippen molar-refractivity contribution >= 4 is 17.7 Å². The van der Waals surface area contributed by atoms with E-state index in [0.717, 1.165) is 10.3 Å². The van der Waals surface area contributed by atoms with Crippen molar-refractivity contribution in [3.05, 3.63) is 56.7 Å².